The maximum Gasteiger partial charge on any atom is 0.148 e. The third kappa shape index (κ3) is 4.60. The Morgan fingerprint density at radius 2 is 1.74 bits per heavy atom. The van der Waals surface area contributed by atoms with Gasteiger partial charge in [-0.1, -0.05) is 59.5 Å². The van der Waals surface area contributed by atoms with Crippen LogP contribution in [0.3, 0.4) is 0 Å². The summed E-state index contributed by atoms with van der Waals surface area (Å²) in [5.74, 6) is 0.849. The maximum atomic E-state index is 11.3. The van der Waals surface area contributed by atoms with Crippen molar-refractivity contribution >= 4 is 25.8 Å². The van der Waals surface area contributed by atoms with Gasteiger partial charge in [-0.25, -0.2) is 8.42 Å². The molecule has 0 bridgehead atoms. The van der Waals surface area contributed by atoms with Gasteiger partial charge in [0, 0.05) is 6.26 Å². The van der Waals surface area contributed by atoms with E-state index in [-0.39, 0.29) is 10.6 Å². The Hall–Kier alpha value is -0.350. The van der Waals surface area contributed by atoms with Crippen molar-refractivity contribution in [2.45, 2.75) is 42.8 Å². The Labute approximate surface area is 124 Å². The monoisotopic (exact) mass is 344 g/mol. The average molecular weight is 345 g/mol. The number of benzene rings is 1. The summed E-state index contributed by atoms with van der Waals surface area (Å²) >= 11 is 3.46. The second-order valence-electron chi connectivity index (χ2n) is 5.56. The zero-order valence-electron chi connectivity index (χ0n) is 11.3. The summed E-state index contributed by atoms with van der Waals surface area (Å²) in [7, 11) is -2.95. The first-order valence-electron chi connectivity index (χ1n) is 6.87. The fourth-order valence-electron chi connectivity index (χ4n) is 2.77. The van der Waals surface area contributed by atoms with E-state index in [0.29, 0.717) is 5.92 Å². The molecule has 1 aromatic rings. The molecule has 1 aliphatic carbocycles. The minimum atomic E-state index is -2.95. The number of sulfone groups is 1. The molecule has 2 rings (SSSR count). The van der Waals surface area contributed by atoms with Crippen LogP contribution in [0.2, 0.25) is 0 Å². The maximum absolute atomic E-state index is 11.3. The van der Waals surface area contributed by atoms with Crippen molar-refractivity contribution in [2.75, 3.05) is 12.0 Å². The molecule has 0 aliphatic heterocycles. The zero-order valence-corrected chi connectivity index (χ0v) is 13.7. The van der Waals surface area contributed by atoms with Crippen LogP contribution in [0.5, 0.6) is 0 Å². The summed E-state index contributed by atoms with van der Waals surface area (Å²) in [4.78, 5) is -0.108. The molecule has 1 unspecified atom stereocenters. The van der Waals surface area contributed by atoms with Crippen molar-refractivity contribution < 1.29 is 8.42 Å². The number of halogens is 1. The fraction of sp³-hybridized carbons (Fsp3) is 0.600. The van der Waals surface area contributed by atoms with E-state index in [0.717, 1.165) is 5.56 Å². The normalized spacial score (nSPS) is 19.3. The third-order valence-electron chi connectivity index (χ3n) is 3.82. The highest BCUT2D eigenvalue weighted by atomic mass is 79.9. The Bertz CT molecular complexity index is 501. The molecule has 0 spiro atoms. The van der Waals surface area contributed by atoms with Gasteiger partial charge in [0.1, 0.15) is 9.84 Å². The van der Waals surface area contributed by atoms with Gasteiger partial charge in [0.25, 0.3) is 0 Å². The minimum Gasteiger partial charge on any atom is -0.229 e. The number of hydrogen-bond acceptors (Lipinski definition) is 2. The lowest BCUT2D eigenvalue weighted by atomic mass is 9.84. The molecule has 1 atom stereocenters. The van der Waals surface area contributed by atoms with E-state index in [1.807, 2.05) is 0 Å². The first-order chi connectivity index (χ1) is 8.96. The van der Waals surface area contributed by atoms with Crippen molar-refractivity contribution in [1.82, 2.24) is 0 Å². The molecular weight excluding hydrogens is 324 g/mol. The molecule has 106 valence electrons. The highest BCUT2D eigenvalue weighted by molar-refractivity contribution is 9.09. The predicted octanol–water partition coefficient (Wildman–Crippen LogP) is 4.21. The summed E-state index contributed by atoms with van der Waals surface area (Å²) in [6, 6.07) is 8.47. The Kier molecular flexibility index (Phi) is 5.07. The fourth-order valence-corrected chi connectivity index (χ4v) is 5.24. The van der Waals surface area contributed by atoms with Crippen molar-refractivity contribution in [3.63, 3.8) is 0 Å². The third-order valence-corrected chi connectivity index (χ3v) is 6.04. The average Bonchev–Trinajstić information content (AvgIpc) is 2.38. The van der Waals surface area contributed by atoms with E-state index in [1.54, 1.807) is 0 Å². The number of rotatable bonds is 4. The molecule has 1 aromatic carbocycles. The van der Waals surface area contributed by atoms with E-state index in [1.165, 1.54) is 43.9 Å². The summed E-state index contributed by atoms with van der Waals surface area (Å²) in [5.41, 5.74) is 2.45. The topological polar surface area (TPSA) is 34.1 Å². The van der Waals surface area contributed by atoms with Gasteiger partial charge in [0.2, 0.25) is 0 Å². The Balaban J connectivity index is 2.05. The predicted molar refractivity (Wildman–Crippen MR) is 83.6 cm³/mol. The lowest BCUT2D eigenvalue weighted by Crippen LogP contribution is -2.09. The van der Waals surface area contributed by atoms with Crippen molar-refractivity contribution in [3.05, 3.63) is 35.4 Å². The van der Waals surface area contributed by atoms with Gasteiger partial charge in [-0.3, -0.25) is 0 Å². The smallest absolute Gasteiger partial charge is 0.148 e. The molecular formula is C15H21BrO2S. The first kappa shape index (κ1) is 15.0. The summed E-state index contributed by atoms with van der Waals surface area (Å²) in [6.45, 7) is 0. The molecule has 19 heavy (non-hydrogen) atoms. The molecule has 0 amide bonds. The Morgan fingerprint density at radius 3 is 2.26 bits per heavy atom. The van der Waals surface area contributed by atoms with Gasteiger partial charge >= 0.3 is 0 Å². The van der Waals surface area contributed by atoms with Crippen molar-refractivity contribution in [2.24, 2.45) is 0 Å². The molecule has 2 nitrogen and oxygen atoms in total. The molecule has 4 heteroatoms. The van der Waals surface area contributed by atoms with Crippen LogP contribution in [0.25, 0.3) is 0 Å². The van der Waals surface area contributed by atoms with Gasteiger partial charge in [-0.2, -0.15) is 0 Å². The zero-order chi connectivity index (χ0) is 13.9. The van der Waals surface area contributed by atoms with Crippen LogP contribution in [-0.4, -0.2) is 20.4 Å². The van der Waals surface area contributed by atoms with E-state index >= 15 is 0 Å². The van der Waals surface area contributed by atoms with Gasteiger partial charge in [0.15, 0.2) is 0 Å². The van der Waals surface area contributed by atoms with E-state index in [4.69, 9.17) is 0 Å². The highest BCUT2D eigenvalue weighted by Crippen LogP contribution is 2.33. The standard InChI is InChI=1S/C15H21BrO2S/c1-19(17,18)11-15(16)14-9-7-13(8-10-14)12-5-3-2-4-6-12/h7-10,12,15H,2-6,11H2,1H3. The summed E-state index contributed by atoms with van der Waals surface area (Å²) in [6.07, 6.45) is 7.90. The highest BCUT2D eigenvalue weighted by Gasteiger charge is 2.17. The second-order valence-corrected chi connectivity index (χ2v) is 8.85. The Morgan fingerprint density at radius 1 is 1.16 bits per heavy atom. The number of hydrogen-bond donors (Lipinski definition) is 0. The van der Waals surface area contributed by atoms with E-state index in [9.17, 15) is 8.42 Å². The van der Waals surface area contributed by atoms with Crippen LogP contribution in [0.4, 0.5) is 0 Å². The van der Waals surface area contributed by atoms with Crippen LogP contribution < -0.4 is 0 Å². The van der Waals surface area contributed by atoms with Crippen molar-refractivity contribution in [3.8, 4) is 0 Å². The molecule has 0 saturated heterocycles. The molecule has 0 aromatic heterocycles. The molecule has 0 heterocycles. The van der Waals surface area contributed by atoms with Gasteiger partial charge in [0.05, 0.1) is 10.6 Å². The van der Waals surface area contributed by atoms with Crippen LogP contribution in [0, 0.1) is 0 Å². The van der Waals surface area contributed by atoms with Crippen molar-refractivity contribution in [1.29, 1.82) is 0 Å². The molecule has 1 fully saturated rings. The SMILES string of the molecule is CS(=O)(=O)CC(Br)c1ccc(C2CCCCC2)cc1. The lowest BCUT2D eigenvalue weighted by Gasteiger charge is -2.22. The second kappa shape index (κ2) is 6.40. The summed E-state index contributed by atoms with van der Waals surface area (Å²) in [5, 5.41) is 0. The van der Waals surface area contributed by atoms with Gasteiger partial charge in [-0.15, -0.1) is 0 Å². The molecule has 0 radical (unpaired) electrons. The van der Waals surface area contributed by atoms with E-state index in [2.05, 4.69) is 40.2 Å². The summed E-state index contributed by atoms with van der Waals surface area (Å²) < 4.78 is 22.6. The largest absolute Gasteiger partial charge is 0.229 e. The van der Waals surface area contributed by atoms with Crippen LogP contribution in [-0.2, 0) is 9.84 Å². The lowest BCUT2D eigenvalue weighted by molar-refractivity contribution is 0.443. The molecule has 1 aliphatic rings. The molecule has 0 N–H and O–H groups in total. The van der Waals surface area contributed by atoms with Gasteiger partial charge in [-0.05, 0) is 29.9 Å². The molecule has 1 saturated carbocycles. The quantitative estimate of drug-likeness (QED) is 0.766. The minimum absolute atomic E-state index is 0.108. The van der Waals surface area contributed by atoms with Crippen LogP contribution >= 0.6 is 15.9 Å². The first-order valence-corrected chi connectivity index (χ1v) is 9.85. The van der Waals surface area contributed by atoms with Crippen LogP contribution in [0.1, 0.15) is 54.0 Å². The van der Waals surface area contributed by atoms with E-state index < -0.39 is 9.84 Å². The van der Waals surface area contributed by atoms with Gasteiger partial charge < -0.3 is 0 Å². The van der Waals surface area contributed by atoms with Crippen LogP contribution in [0.15, 0.2) is 24.3 Å². The number of alkyl halides is 1.